The van der Waals surface area contributed by atoms with Gasteiger partial charge >= 0.3 is 0 Å². The average molecular weight is 485 g/mol. The molecule has 1 saturated heterocycles. The van der Waals surface area contributed by atoms with E-state index in [-0.39, 0.29) is 24.0 Å². The van der Waals surface area contributed by atoms with Gasteiger partial charge in [0.05, 0.1) is 5.69 Å². The van der Waals surface area contributed by atoms with Gasteiger partial charge in [-0.3, -0.25) is 4.99 Å². The summed E-state index contributed by atoms with van der Waals surface area (Å²) in [4.78, 5) is 12.3. The second-order valence-corrected chi connectivity index (χ2v) is 8.52. The maximum absolute atomic E-state index is 4.96. The molecule has 2 fully saturated rings. The Bertz CT molecular complexity index is 609. The van der Waals surface area contributed by atoms with E-state index in [0.717, 1.165) is 38.4 Å². The third kappa shape index (κ3) is 4.98. The number of nitrogens with zero attached hydrogens (tertiary/aromatic N) is 4. The maximum atomic E-state index is 4.96. The molecule has 0 bridgehead atoms. The molecule has 0 aromatic carbocycles. The smallest absolute Gasteiger partial charge is 0.193 e. The molecule has 1 aliphatic carbocycles. The Balaban J connectivity index is 0.00000210. The van der Waals surface area contributed by atoms with Crippen LogP contribution in [-0.4, -0.2) is 46.6 Å². The molecular weight excluding hydrogens is 449 g/mol. The van der Waals surface area contributed by atoms with E-state index >= 15 is 0 Å². The fraction of sp³-hybridized carbons (Fsp3) is 0.810. The van der Waals surface area contributed by atoms with Gasteiger partial charge in [0.2, 0.25) is 0 Å². The lowest BCUT2D eigenvalue weighted by molar-refractivity contribution is 0.203. The second-order valence-electron chi connectivity index (χ2n) is 8.52. The minimum atomic E-state index is 0. The first kappa shape index (κ1) is 20.9. The first-order chi connectivity index (χ1) is 12.8. The Kier molecular flexibility index (Phi) is 7.45. The van der Waals surface area contributed by atoms with Gasteiger partial charge in [-0.15, -0.1) is 24.0 Å². The van der Waals surface area contributed by atoms with Crippen LogP contribution in [0.2, 0.25) is 0 Å². The van der Waals surface area contributed by atoms with Gasteiger partial charge in [0.25, 0.3) is 0 Å². The minimum Gasteiger partial charge on any atom is -0.357 e. The number of imidazole rings is 1. The first-order valence-corrected chi connectivity index (χ1v) is 10.9. The fourth-order valence-electron chi connectivity index (χ4n) is 5.12. The van der Waals surface area contributed by atoms with Gasteiger partial charge in [0.15, 0.2) is 5.96 Å². The molecule has 1 N–H and O–H groups in total. The maximum Gasteiger partial charge on any atom is 0.193 e. The molecule has 1 saturated carbocycles. The molecule has 0 unspecified atom stereocenters. The zero-order chi connectivity index (χ0) is 17.8. The molecule has 152 valence electrons. The number of aryl methyl sites for hydroxylation is 2. The van der Waals surface area contributed by atoms with Crippen molar-refractivity contribution in [3.05, 3.63) is 17.7 Å². The Morgan fingerprint density at radius 2 is 2.00 bits per heavy atom. The van der Waals surface area contributed by atoms with Crippen molar-refractivity contribution in [1.29, 1.82) is 0 Å². The zero-order valence-electron chi connectivity index (χ0n) is 16.9. The van der Waals surface area contributed by atoms with E-state index in [2.05, 4.69) is 27.9 Å². The summed E-state index contributed by atoms with van der Waals surface area (Å²) >= 11 is 0. The van der Waals surface area contributed by atoms with E-state index in [1.807, 2.05) is 0 Å². The summed E-state index contributed by atoms with van der Waals surface area (Å²) in [7, 11) is 0. The van der Waals surface area contributed by atoms with Gasteiger partial charge in [-0.25, -0.2) is 4.98 Å². The lowest BCUT2D eigenvalue weighted by Crippen LogP contribution is -2.41. The van der Waals surface area contributed by atoms with Crippen molar-refractivity contribution in [2.45, 2.75) is 77.7 Å². The lowest BCUT2D eigenvalue weighted by Gasteiger charge is -2.33. The summed E-state index contributed by atoms with van der Waals surface area (Å²) in [5, 5.41) is 3.53. The molecule has 0 amide bonds. The third-order valence-electron chi connectivity index (χ3n) is 6.57. The Labute approximate surface area is 181 Å². The van der Waals surface area contributed by atoms with E-state index in [1.54, 1.807) is 0 Å². The van der Waals surface area contributed by atoms with Gasteiger partial charge < -0.3 is 14.8 Å². The van der Waals surface area contributed by atoms with Crippen molar-refractivity contribution in [1.82, 2.24) is 19.8 Å². The van der Waals surface area contributed by atoms with Gasteiger partial charge in [-0.05, 0) is 44.4 Å². The molecular formula is C21H36IN5. The number of likely N-dealkylation sites (tertiary alicyclic amines) is 1. The van der Waals surface area contributed by atoms with E-state index in [4.69, 9.17) is 9.98 Å². The second kappa shape index (κ2) is 9.61. The summed E-state index contributed by atoms with van der Waals surface area (Å²) < 4.78 is 2.35. The Morgan fingerprint density at radius 3 is 2.78 bits per heavy atom. The summed E-state index contributed by atoms with van der Waals surface area (Å²) in [5.74, 6) is 2.40. The molecule has 4 rings (SSSR count). The van der Waals surface area contributed by atoms with Crippen LogP contribution in [0.1, 0.15) is 69.8 Å². The number of aromatic nitrogens is 2. The van der Waals surface area contributed by atoms with Crippen LogP contribution in [0.3, 0.4) is 0 Å². The third-order valence-corrected chi connectivity index (χ3v) is 6.57. The number of nitrogens with one attached hydrogen (secondary N) is 1. The van der Waals surface area contributed by atoms with Crippen molar-refractivity contribution >= 4 is 29.9 Å². The highest BCUT2D eigenvalue weighted by molar-refractivity contribution is 14.0. The van der Waals surface area contributed by atoms with Gasteiger partial charge in [0, 0.05) is 51.8 Å². The van der Waals surface area contributed by atoms with Crippen LogP contribution in [-0.2, 0) is 19.4 Å². The van der Waals surface area contributed by atoms with Gasteiger partial charge in [-0.1, -0.05) is 19.3 Å². The number of hydrogen-bond donors (Lipinski definition) is 1. The Hall–Kier alpha value is -0.790. The van der Waals surface area contributed by atoms with Gasteiger partial charge in [0.1, 0.15) is 5.82 Å². The standard InChI is InChI=1S/C21H35N5.HI/c1-2-22-20(26-15-12-21(17-26)10-5-3-6-11-21)23-13-9-18-16-25-14-7-4-8-19(25)24-18;/h16H,2-15,17H2,1H3,(H,22,23);1H. The fourth-order valence-corrected chi connectivity index (χ4v) is 5.12. The molecule has 1 aromatic rings. The van der Waals surface area contributed by atoms with E-state index in [1.165, 1.54) is 76.0 Å². The largest absolute Gasteiger partial charge is 0.357 e. The molecule has 5 nitrogen and oxygen atoms in total. The van der Waals surface area contributed by atoms with Crippen LogP contribution >= 0.6 is 24.0 Å². The van der Waals surface area contributed by atoms with Crippen LogP contribution in [0.5, 0.6) is 0 Å². The highest BCUT2D eigenvalue weighted by Crippen LogP contribution is 2.43. The minimum absolute atomic E-state index is 0. The van der Waals surface area contributed by atoms with E-state index in [9.17, 15) is 0 Å². The first-order valence-electron chi connectivity index (χ1n) is 10.9. The van der Waals surface area contributed by atoms with Crippen LogP contribution in [0.25, 0.3) is 0 Å². The van der Waals surface area contributed by atoms with Crippen LogP contribution < -0.4 is 5.32 Å². The molecule has 0 radical (unpaired) electrons. The summed E-state index contributed by atoms with van der Waals surface area (Å²) in [6.45, 7) is 7.47. The van der Waals surface area contributed by atoms with Crippen molar-refractivity contribution in [2.24, 2.45) is 10.4 Å². The summed E-state index contributed by atoms with van der Waals surface area (Å²) in [6.07, 6.45) is 15.4. The Morgan fingerprint density at radius 1 is 1.15 bits per heavy atom. The van der Waals surface area contributed by atoms with E-state index < -0.39 is 0 Å². The van der Waals surface area contributed by atoms with E-state index in [0.29, 0.717) is 5.41 Å². The molecule has 6 heteroatoms. The lowest BCUT2D eigenvalue weighted by atomic mass is 9.73. The van der Waals surface area contributed by atoms with Crippen LogP contribution in [0.4, 0.5) is 0 Å². The molecule has 2 aliphatic heterocycles. The highest BCUT2D eigenvalue weighted by atomic mass is 127. The molecule has 27 heavy (non-hydrogen) atoms. The molecule has 3 aliphatic rings. The van der Waals surface area contributed by atoms with Crippen molar-refractivity contribution < 1.29 is 0 Å². The van der Waals surface area contributed by atoms with Crippen molar-refractivity contribution in [3.63, 3.8) is 0 Å². The number of fused-ring (bicyclic) bond motifs is 1. The molecule has 0 atom stereocenters. The monoisotopic (exact) mass is 485 g/mol. The molecule has 1 spiro atoms. The van der Waals surface area contributed by atoms with Crippen LogP contribution in [0, 0.1) is 5.41 Å². The SMILES string of the molecule is CCNC(=NCCc1cn2c(n1)CCCC2)N1CCC2(CCCCC2)C1.I. The predicted molar refractivity (Wildman–Crippen MR) is 122 cm³/mol. The number of halogens is 1. The molecule has 1 aromatic heterocycles. The summed E-state index contributed by atoms with van der Waals surface area (Å²) in [6, 6.07) is 0. The number of rotatable bonds is 4. The normalized spacial score (nSPS) is 21.8. The van der Waals surface area contributed by atoms with Crippen LogP contribution in [0.15, 0.2) is 11.2 Å². The summed E-state index contributed by atoms with van der Waals surface area (Å²) in [5.41, 5.74) is 1.80. The topological polar surface area (TPSA) is 45.5 Å². The number of hydrogen-bond acceptors (Lipinski definition) is 2. The van der Waals surface area contributed by atoms with Gasteiger partial charge in [-0.2, -0.15) is 0 Å². The number of guanidine groups is 1. The average Bonchev–Trinajstić information content (AvgIpc) is 3.26. The van der Waals surface area contributed by atoms with Crippen molar-refractivity contribution in [3.8, 4) is 0 Å². The molecule has 3 heterocycles. The zero-order valence-corrected chi connectivity index (χ0v) is 19.2. The van der Waals surface area contributed by atoms with Crippen molar-refractivity contribution in [2.75, 3.05) is 26.2 Å². The number of aliphatic imine (C=N–C) groups is 1. The predicted octanol–water partition coefficient (Wildman–Crippen LogP) is 4.00. The quantitative estimate of drug-likeness (QED) is 0.399. The highest BCUT2D eigenvalue weighted by Gasteiger charge is 2.39.